The van der Waals surface area contributed by atoms with E-state index in [1.807, 2.05) is 13.0 Å². The molecule has 24 heavy (non-hydrogen) atoms. The molecule has 124 valence electrons. The third-order valence-electron chi connectivity index (χ3n) is 4.05. The molecular weight excluding hydrogens is 328 g/mol. The highest BCUT2D eigenvalue weighted by atomic mass is 32.1. The van der Waals surface area contributed by atoms with Crippen LogP contribution < -0.4 is 11.1 Å². The molecule has 3 heterocycles. The van der Waals surface area contributed by atoms with Crippen molar-refractivity contribution in [2.45, 2.75) is 38.6 Å². The first-order valence-corrected chi connectivity index (χ1v) is 8.51. The number of nitrogens with zero attached hydrogens (tertiary/aromatic N) is 4. The van der Waals surface area contributed by atoms with Crippen molar-refractivity contribution in [3.8, 4) is 0 Å². The molecule has 1 amide bonds. The van der Waals surface area contributed by atoms with E-state index in [1.54, 1.807) is 6.92 Å². The predicted molar refractivity (Wildman–Crippen MR) is 88.7 cm³/mol. The number of aryl methyl sites for hydroxylation is 1. The number of nitrogens with two attached hydrogens (primary N) is 1. The van der Waals surface area contributed by atoms with Gasteiger partial charge in [-0.2, -0.15) is 0 Å². The van der Waals surface area contributed by atoms with E-state index in [-0.39, 0.29) is 11.9 Å². The van der Waals surface area contributed by atoms with E-state index < -0.39 is 0 Å². The van der Waals surface area contributed by atoms with Crippen molar-refractivity contribution in [1.82, 2.24) is 25.7 Å². The van der Waals surface area contributed by atoms with Gasteiger partial charge < -0.3 is 15.6 Å². The number of nitrogen functional groups attached to an aromatic ring is 1. The van der Waals surface area contributed by atoms with Gasteiger partial charge >= 0.3 is 0 Å². The van der Waals surface area contributed by atoms with Crippen LogP contribution in [-0.2, 0) is 0 Å². The van der Waals surface area contributed by atoms with Gasteiger partial charge in [-0.1, -0.05) is 16.5 Å². The maximum absolute atomic E-state index is 12.8. The molecule has 0 aromatic carbocycles. The first-order valence-electron chi connectivity index (χ1n) is 7.69. The van der Waals surface area contributed by atoms with E-state index >= 15 is 0 Å². The first kappa shape index (κ1) is 15.0. The van der Waals surface area contributed by atoms with Gasteiger partial charge in [0.25, 0.3) is 11.6 Å². The standard InChI is InChI=1S/C15H16N6O2S/c1-6-11-9(5-10(8-3-4-8)18-13(11)23-21-6)12(22)17-7(2)14-19-20-15(16)24-14/h5,7-8H,3-4H2,1-2H3,(H2,16,20)(H,17,22)/t7-/m0/s1. The van der Waals surface area contributed by atoms with Crippen molar-refractivity contribution in [2.24, 2.45) is 0 Å². The van der Waals surface area contributed by atoms with Crippen molar-refractivity contribution in [1.29, 1.82) is 0 Å². The highest BCUT2D eigenvalue weighted by Crippen LogP contribution is 2.40. The molecule has 0 saturated heterocycles. The zero-order valence-electron chi connectivity index (χ0n) is 13.2. The van der Waals surface area contributed by atoms with E-state index in [4.69, 9.17) is 10.3 Å². The van der Waals surface area contributed by atoms with Crippen molar-refractivity contribution < 1.29 is 9.32 Å². The Morgan fingerprint density at radius 1 is 1.46 bits per heavy atom. The number of amides is 1. The Hall–Kier alpha value is -2.55. The Morgan fingerprint density at radius 2 is 2.25 bits per heavy atom. The third kappa shape index (κ3) is 2.60. The normalized spacial score (nSPS) is 15.6. The van der Waals surface area contributed by atoms with E-state index in [0.29, 0.717) is 38.4 Å². The van der Waals surface area contributed by atoms with Crippen LogP contribution in [0.15, 0.2) is 10.6 Å². The van der Waals surface area contributed by atoms with E-state index in [1.165, 1.54) is 11.3 Å². The largest absolute Gasteiger partial charge is 0.374 e. The summed E-state index contributed by atoms with van der Waals surface area (Å²) in [6.07, 6.45) is 2.18. The molecule has 1 aliphatic carbocycles. The maximum Gasteiger partial charge on any atom is 0.259 e. The van der Waals surface area contributed by atoms with Gasteiger partial charge in [0.05, 0.1) is 22.7 Å². The summed E-state index contributed by atoms with van der Waals surface area (Å²) in [6, 6.07) is 1.56. The minimum Gasteiger partial charge on any atom is -0.374 e. The molecule has 1 aliphatic rings. The van der Waals surface area contributed by atoms with Crippen LogP contribution in [0, 0.1) is 6.92 Å². The molecule has 0 bridgehead atoms. The van der Waals surface area contributed by atoms with Crippen LogP contribution in [0.1, 0.15) is 58.5 Å². The van der Waals surface area contributed by atoms with Gasteiger partial charge in [0.1, 0.15) is 5.01 Å². The quantitative estimate of drug-likeness (QED) is 0.745. The predicted octanol–water partition coefficient (Wildman–Crippen LogP) is 2.33. The van der Waals surface area contributed by atoms with Crippen LogP contribution in [0.25, 0.3) is 11.1 Å². The first-order chi connectivity index (χ1) is 11.5. The molecule has 0 aliphatic heterocycles. The summed E-state index contributed by atoms with van der Waals surface area (Å²) < 4.78 is 5.27. The number of fused-ring (bicyclic) bond motifs is 1. The topological polar surface area (TPSA) is 120 Å². The Balaban J connectivity index is 1.69. The highest BCUT2D eigenvalue weighted by Gasteiger charge is 2.29. The molecule has 9 heteroatoms. The average Bonchev–Trinajstić information content (AvgIpc) is 3.22. The molecule has 0 radical (unpaired) electrons. The van der Waals surface area contributed by atoms with Crippen LogP contribution in [0.2, 0.25) is 0 Å². The maximum atomic E-state index is 12.8. The number of nitrogens with one attached hydrogen (secondary N) is 1. The van der Waals surface area contributed by atoms with Crippen LogP contribution >= 0.6 is 11.3 Å². The number of pyridine rings is 1. The molecular formula is C15H16N6O2S. The number of anilines is 1. The molecule has 1 atom stereocenters. The van der Waals surface area contributed by atoms with Gasteiger partial charge in [-0.25, -0.2) is 4.98 Å². The van der Waals surface area contributed by atoms with E-state index in [0.717, 1.165) is 18.5 Å². The number of carbonyl (C=O) groups is 1. The lowest BCUT2D eigenvalue weighted by atomic mass is 10.1. The molecule has 0 unspecified atom stereocenters. The lowest BCUT2D eigenvalue weighted by Crippen LogP contribution is -2.27. The summed E-state index contributed by atoms with van der Waals surface area (Å²) in [5.41, 5.74) is 8.08. The Bertz CT molecular complexity index is 929. The van der Waals surface area contributed by atoms with Gasteiger partial charge in [-0.15, -0.1) is 10.2 Å². The van der Waals surface area contributed by atoms with Gasteiger partial charge in [0.15, 0.2) is 0 Å². The lowest BCUT2D eigenvalue weighted by Gasteiger charge is -2.12. The fourth-order valence-corrected chi connectivity index (χ4v) is 3.25. The van der Waals surface area contributed by atoms with Gasteiger partial charge in [-0.05, 0) is 32.8 Å². The number of carbonyl (C=O) groups excluding carboxylic acids is 1. The summed E-state index contributed by atoms with van der Waals surface area (Å²) in [7, 11) is 0. The van der Waals surface area contributed by atoms with Crippen LogP contribution in [0.3, 0.4) is 0 Å². The van der Waals surface area contributed by atoms with E-state index in [2.05, 4.69) is 25.7 Å². The zero-order chi connectivity index (χ0) is 16.8. The minimum absolute atomic E-state index is 0.211. The highest BCUT2D eigenvalue weighted by molar-refractivity contribution is 7.15. The number of rotatable bonds is 4. The molecule has 3 N–H and O–H groups in total. The van der Waals surface area contributed by atoms with Crippen LogP contribution in [0.5, 0.6) is 0 Å². The smallest absolute Gasteiger partial charge is 0.259 e. The molecule has 8 nitrogen and oxygen atoms in total. The molecule has 4 rings (SSSR count). The second kappa shape index (κ2) is 5.52. The Kier molecular flexibility index (Phi) is 3.45. The van der Waals surface area contributed by atoms with E-state index in [9.17, 15) is 4.79 Å². The van der Waals surface area contributed by atoms with Crippen LogP contribution in [-0.4, -0.2) is 26.2 Å². The second-order valence-electron chi connectivity index (χ2n) is 5.99. The summed E-state index contributed by atoms with van der Waals surface area (Å²) >= 11 is 1.26. The molecule has 1 fully saturated rings. The van der Waals surface area contributed by atoms with Gasteiger partial charge in [-0.3, -0.25) is 4.79 Å². The van der Waals surface area contributed by atoms with Gasteiger partial charge in [0.2, 0.25) is 5.13 Å². The number of hydrogen-bond donors (Lipinski definition) is 2. The minimum atomic E-state index is -0.292. The van der Waals surface area contributed by atoms with Crippen molar-refractivity contribution in [3.63, 3.8) is 0 Å². The number of aromatic nitrogens is 4. The van der Waals surface area contributed by atoms with Crippen molar-refractivity contribution in [2.75, 3.05) is 5.73 Å². The number of hydrogen-bond acceptors (Lipinski definition) is 8. The van der Waals surface area contributed by atoms with Crippen LogP contribution in [0.4, 0.5) is 5.13 Å². The Labute approximate surface area is 141 Å². The summed E-state index contributed by atoms with van der Waals surface area (Å²) in [6.45, 7) is 3.65. The molecule has 3 aromatic rings. The summed E-state index contributed by atoms with van der Waals surface area (Å²) in [5, 5.41) is 16.3. The molecule has 0 spiro atoms. The average molecular weight is 344 g/mol. The van der Waals surface area contributed by atoms with Crippen molar-refractivity contribution >= 4 is 33.5 Å². The fourth-order valence-electron chi connectivity index (χ4n) is 2.64. The van der Waals surface area contributed by atoms with Crippen molar-refractivity contribution in [3.05, 3.63) is 28.0 Å². The fraction of sp³-hybridized carbons (Fsp3) is 0.400. The summed E-state index contributed by atoms with van der Waals surface area (Å²) in [4.78, 5) is 17.3. The zero-order valence-corrected chi connectivity index (χ0v) is 14.1. The molecule has 1 saturated carbocycles. The molecule has 3 aromatic heterocycles. The monoisotopic (exact) mass is 344 g/mol. The second-order valence-corrected chi connectivity index (χ2v) is 7.03. The lowest BCUT2D eigenvalue weighted by molar-refractivity contribution is 0.0941. The third-order valence-corrected chi connectivity index (χ3v) is 4.99. The van der Waals surface area contributed by atoms with Gasteiger partial charge in [0, 0.05) is 11.6 Å². The Morgan fingerprint density at radius 3 is 2.92 bits per heavy atom. The summed E-state index contributed by atoms with van der Waals surface area (Å²) in [5.74, 6) is 0.198. The SMILES string of the molecule is Cc1noc2nc(C3CC3)cc(C(=O)N[C@@H](C)c3nnc(N)s3)c12.